The molecule has 1 unspecified atom stereocenters. The monoisotopic (exact) mass is 248 g/mol. The Morgan fingerprint density at radius 2 is 2.33 bits per heavy atom. The summed E-state index contributed by atoms with van der Waals surface area (Å²) in [4.78, 5) is 22.4. The van der Waals surface area contributed by atoms with Crippen molar-refractivity contribution in [2.24, 2.45) is 5.92 Å². The van der Waals surface area contributed by atoms with Gasteiger partial charge in [-0.05, 0) is 39.3 Å². The van der Waals surface area contributed by atoms with Gasteiger partial charge in [-0.2, -0.15) is 0 Å². The Balaban J connectivity index is 2.02. The molecule has 2 heterocycles. The van der Waals surface area contributed by atoms with Crippen LogP contribution in [0.5, 0.6) is 0 Å². The van der Waals surface area contributed by atoms with E-state index in [4.69, 9.17) is 0 Å². The number of aromatic nitrogens is 2. The summed E-state index contributed by atoms with van der Waals surface area (Å²) in [7, 11) is 1.95. The van der Waals surface area contributed by atoms with Gasteiger partial charge in [0.1, 0.15) is 5.69 Å². The molecule has 2 rings (SSSR count). The zero-order chi connectivity index (χ0) is 13.0. The van der Waals surface area contributed by atoms with Gasteiger partial charge in [0.15, 0.2) is 0 Å². The maximum Gasteiger partial charge on any atom is 0.274 e. The molecule has 1 aliphatic rings. The van der Waals surface area contributed by atoms with Crippen LogP contribution in [0.15, 0.2) is 12.4 Å². The molecule has 1 N–H and O–H groups in total. The lowest BCUT2D eigenvalue weighted by Gasteiger charge is -2.32. The maximum atomic E-state index is 12.3. The zero-order valence-corrected chi connectivity index (χ0v) is 11.0. The Bertz CT molecular complexity index is 402. The van der Waals surface area contributed by atoms with Crippen LogP contribution in [0.4, 0.5) is 0 Å². The third kappa shape index (κ3) is 3.04. The second-order valence-corrected chi connectivity index (χ2v) is 4.86. The van der Waals surface area contributed by atoms with Crippen molar-refractivity contribution in [2.75, 3.05) is 26.7 Å². The summed E-state index contributed by atoms with van der Waals surface area (Å²) >= 11 is 0. The van der Waals surface area contributed by atoms with E-state index in [-0.39, 0.29) is 5.91 Å². The van der Waals surface area contributed by atoms with Crippen molar-refractivity contribution < 1.29 is 4.79 Å². The fourth-order valence-corrected chi connectivity index (χ4v) is 2.37. The van der Waals surface area contributed by atoms with E-state index in [1.165, 1.54) is 6.42 Å². The molecule has 1 aromatic rings. The van der Waals surface area contributed by atoms with Crippen molar-refractivity contribution >= 4 is 5.91 Å². The van der Waals surface area contributed by atoms with Gasteiger partial charge in [-0.15, -0.1) is 0 Å². The van der Waals surface area contributed by atoms with E-state index in [0.29, 0.717) is 11.6 Å². The van der Waals surface area contributed by atoms with E-state index in [0.717, 1.165) is 31.7 Å². The highest BCUT2D eigenvalue weighted by Crippen LogP contribution is 2.17. The normalized spacial score (nSPS) is 19.9. The molecule has 1 aromatic heterocycles. The molecule has 0 radical (unpaired) electrons. The minimum atomic E-state index is 0.00306. The van der Waals surface area contributed by atoms with Crippen LogP contribution in [0.25, 0.3) is 0 Å². The first-order chi connectivity index (χ1) is 8.70. The number of hydrogen-bond acceptors (Lipinski definition) is 4. The minimum Gasteiger partial charge on any atom is -0.337 e. The first kappa shape index (κ1) is 13.0. The molecule has 0 aromatic carbocycles. The standard InChI is InChI=1S/C13H20N4O/c1-10-6-16-12(8-15-10)13(18)17-5-3-4-11(9-17)7-14-2/h6,8,11,14H,3-5,7,9H2,1-2H3. The van der Waals surface area contributed by atoms with E-state index >= 15 is 0 Å². The van der Waals surface area contributed by atoms with Gasteiger partial charge in [-0.25, -0.2) is 4.98 Å². The fraction of sp³-hybridized carbons (Fsp3) is 0.615. The molecule has 5 heteroatoms. The van der Waals surface area contributed by atoms with Crippen molar-refractivity contribution in [1.29, 1.82) is 0 Å². The number of aryl methyl sites for hydroxylation is 1. The molecule has 0 bridgehead atoms. The average Bonchev–Trinajstić information content (AvgIpc) is 2.39. The molecule has 5 nitrogen and oxygen atoms in total. The lowest BCUT2D eigenvalue weighted by molar-refractivity contribution is 0.0668. The molecular weight excluding hydrogens is 228 g/mol. The molecule has 0 saturated carbocycles. The first-order valence-electron chi connectivity index (χ1n) is 6.43. The smallest absolute Gasteiger partial charge is 0.274 e. The van der Waals surface area contributed by atoms with Gasteiger partial charge in [0.2, 0.25) is 0 Å². The van der Waals surface area contributed by atoms with Crippen molar-refractivity contribution in [3.63, 3.8) is 0 Å². The third-order valence-electron chi connectivity index (χ3n) is 3.30. The van der Waals surface area contributed by atoms with Crippen LogP contribution in [0, 0.1) is 12.8 Å². The van der Waals surface area contributed by atoms with Crippen LogP contribution in [-0.2, 0) is 0 Å². The summed E-state index contributed by atoms with van der Waals surface area (Å²) < 4.78 is 0. The van der Waals surface area contributed by atoms with Crippen LogP contribution in [0.3, 0.4) is 0 Å². The van der Waals surface area contributed by atoms with Gasteiger partial charge in [0.25, 0.3) is 5.91 Å². The number of piperidine rings is 1. The molecule has 1 fully saturated rings. The average molecular weight is 248 g/mol. The summed E-state index contributed by atoms with van der Waals surface area (Å²) in [5, 5.41) is 3.18. The van der Waals surface area contributed by atoms with Gasteiger partial charge >= 0.3 is 0 Å². The summed E-state index contributed by atoms with van der Waals surface area (Å²) in [5.41, 5.74) is 1.28. The van der Waals surface area contributed by atoms with E-state index in [9.17, 15) is 4.79 Å². The Morgan fingerprint density at radius 1 is 1.50 bits per heavy atom. The molecule has 1 aliphatic heterocycles. The molecule has 1 saturated heterocycles. The van der Waals surface area contributed by atoms with Crippen molar-refractivity contribution in [2.45, 2.75) is 19.8 Å². The molecule has 0 aliphatic carbocycles. The van der Waals surface area contributed by atoms with Gasteiger partial charge in [-0.3, -0.25) is 9.78 Å². The van der Waals surface area contributed by atoms with E-state index in [1.54, 1.807) is 12.4 Å². The number of nitrogens with zero attached hydrogens (tertiary/aromatic N) is 3. The fourth-order valence-electron chi connectivity index (χ4n) is 2.37. The highest BCUT2D eigenvalue weighted by molar-refractivity contribution is 5.92. The van der Waals surface area contributed by atoms with Gasteiger partial charge < -0.3 is 10.2 Å². The molecule has 0 spiro atoms. The minimum absolute atomic E-state index is 0.00306. The highest BCUT2D eigenvalue weighted by Gasteiger charge is 2.24. The maximum absolute atomic E-state index is 12.3. The summed E-state index contributed by atoms with van der Waals surface area (Å²) in [6.45, 7) is 4.47. The highest BCUT2D eigenvalue weighted by atomic mass is 16.2. The Morgan fingerprint density at radius 3 is 3.00 bits per heavy atom. The third-order valence-corrected chi connectivity index (χ3v) is 3.30. The lowest BCUT2D eigenvalue weighted by Crippen LogP contribution is -2.42. The molecule has 18 heavy (non-hydrogen) atoms. The second kappa shape index (κ2) is 5.91. The number of amides is 1. The SMILES string of the molecule is CNCC1CCCN(C(=O)c2cnc(C)cn2)C1. The quantitative estimate of drug-likeness (QED) is 0.862. The van der Waals surface area contributed by atoms with Crippen LogP contribution in [0.1, 0.15) is 29.0 Å². The second-order valence-electron chi connectivity index (χ2n) is 4.86. The number of rotatable bonds is 3. The van der Waals surface area contributed by atoms with E-state index in [1.807, 2.05) is 18.9 Å². The Hall–Kier alpha value is -1.49. The number of carbonyl (C=O) groups is 1. The van der Waals surface area contributed by atoms with Gasteiger partial charge in [0.05, 0.1) is 11.9 Å². The number of nitrogens with one attached hydrogen (secondary N) is 1. The van der Waals surface area contributed by atoms with Crippen LogP contribution >= 0.6 is 0 Å². The zero-order valence-electron chi connectivity index (χ0n) is 11.0. The van der Waals surface area contributed by atoms with Gasteiger partial charge in [-0.1, -0.05) is 0 Å². The van der Waals surface area contributed by atoms with Gasteiger partial charge in [0, 0.05) is 19.3 Å². The van der Waals surface area contributed by atoms with E-state index in [2.05, 4.69) is 15.3 Å². The number of hydrogen-bond donors (Lipinski definition) is 1. The molecular formula is C13H20N4O. The largest absolute Gasteiger partial charge is 0.337 e. The number of carbonyl (C=O) groups excluding carboxylic acids is 1. The topological polar surface area (TPSA) is 58.1 Å². The van der Waals surface area contributed by atoms with Crippen LogP contribution < -0.4 is 5.32 Å². The molecule has 1 atom stereocenters. The number of likely N-dealkylation sites (tertiary alicyclic amines) is 1. The summed E-state index contributed by atoms with van der Waals surface area (Å²) in [6.07, 6.45) is 5.46. The van der Waals surface area contributed by atoms with E-state index < -0.39 is 0 Å². The molecule has 1 amide bonds. The summed E-state index contributed by atoms with van der Waals surface area (Å²) in [5.74, 6) is 0.550. The van der Waals surface area contributed by atoms with Crippen LogP contribution in [0.2, 0.25) is 0 Å². The predicted molar refractivity (Wildman–Crippen MR) is 69.3 cm³/mol. The van der Waals surface area contributed by atoms with Crippen molar-refractivity contribution in [3.05, 3.63) is 23.8 Å². The summed E-state index contributed by atoms with van der Waals surface area (Å²) in [6, 6.07) is 0. The molecule has 98 valence electrons. The van der Waals surface area contributed by atoms with Crippen LogP contribution in [-0.4, -0.2) is 47.5 Å². The Kier molecular flexibility index (Phi) is 4.25. The van der Waals surface area contributed by atoms with Crippen molar-refractivity contribution in [3.8, 4) is 0 Å². The lowest BCUT2D eigenvalue weighted by atomic mass is 9.98. The first-order valence-corrected chi connectivity index (χ1v) is 6.43. The predicted octanol–water partition coefficient (Wildman–Crippen LogP) is 0.857. The Labute approximate surface area is 108 Å². The van der Waals surface area contributed by atoms with Crippen molar-refractivity contribution in [1.82, 2.24) is 20.2 Å².